The molecule has 2 rings (SSSR count). The van der Waals surface area contributed by atoms with Gasteiger partial charge >= 0.3 is 0 Å². The molecule has 1 fully saturated rings. The van der Waals surface area contributed by atoms with Crippen LogP contribution in [-0.2, 0) is 12.0 Å². The summed E-state index contributed by atoms with van der Waals surface area (Å²) in [4.78, 5) is 8.61. The average molecular weight is 281 g/mol. The van der Waals surface area contributed by atoms with E-state index >= 15 is 0 Å². The van der Waals surface area contributed by atoms with Crippen LogP contribution in [0.3, 0.4) is 0 Å². The molecule has 19 heavy (non-hydrogen) atoms. The topological polar surface area (TPSA) is 42.2 Å². The lowest BCUT2D eigenvalue weighted by atomic mass is 9.91. The first-order valence-corrected chi connectivity index (χ1v) is 8.08. The van der Waals surface area contributed by atoms with Gasteiger partial charge in [0.1, 0.15) is 0 Å². The van der Waals surface area contributed by atoms with E-state index in [1.807, 2.05) is 0 Å². The molecule has 1 aliphatic rings. The van der Waals surface area contributed by atoms with Gasteiger partial charge in [0.25, 0.3) is 0 Å². The summed E-state index contributed by atoms with van der Waals surface area (Å²) in [6.07, 6.45) is 1.33. The third kappa shape index (κ3) is 3.29. The number of thiazole rings is 1. The highest BCUT2D eigenvalue weighted by molar-refractivity contribution is 7.15. The maximum Gasteiger partial charge on any atom is 0.185 e. The Balaban J connectivity index is 2.28. The maximum atomic E-state index is 5.90. The zero-order valence-electron chi connectivity index (χ0n) is 12.9. The van der Waals surface area contributed by atoms with E-state index < -0.39 is 0 Å². The van der Waals surface area contributed by atoms with E-state index in [0.717, 1.165) is 24.9 Å². The van der Waals surface area contributed by atoms with Crippen LogP contribution < -0.4 is 10.6 Å². The molecule has 0 radical (unpaired) electrons. The number of anilines is 1. The normalized spacial score (nSPS) is 24.8. The lowest BCUT2D eigenvalue weighted by Gasteiger charge is -2.34. The minimum absolute atomic E-state index is 0.0798. The second kappa shape index (κ2) is 5.41. The van der Waals surface area contributed by atoms with Crippen LogP contribution in [0.2, 0.25) is 0 Å². The number of piperidine rings is 1. The molecule has 1 aromatic heterocycles. The molecule has 0 saturated carbocycles. The molecule has 1 aliphatic heterocycles. The van der Waals surface area contributed by atoms with E-state index in [1.165, 1.54) is 22.1 Å². The molecule has 0 aliphatic carbocycles. The molecule has 1 saturated heterocycles. The van der Waals surface area contributed by atoms with Crippen molar-refractivity contribution in [3.63, 3.8) is 0 Å². The summed E-state index contributed by atoms with van der Waals surface area (Å²) in [5, 5.41) is 1.17. The molecule has 108 valence electrons. The number of nitrogens with two attached hydrogens (primary N) is 1. The van der Waals surface area contributed by atoms with Crippen LogP contribution in [-0.4, -0.2) is 18.1 Å². The van der Waals surface area contributed by atoms with Gasteiger partial charge in [0.05, 0.1) is 5.69 Å². The van der Waals surface area contributed by atoms with Gasteiger partial charge < -0.3 is 10.6 Å². The molecule has 1 aromatic rings. The minimum atomic E-state index is 0.0798. The van der Waals surface area contributed by atoms with Crippen LogP contribution in [0, 0.1) is 11.8 Å². The first kappa shape index (κ1) is 14.8. The number of aromatic nitrogens is 1. The fourth-order valence-corrected chi connectivity index (χ4v) is 4.19. The Labute approximate surface area is 121 Å². The van der Waals surface area contributed by atoms with Gasteiger partial charge in [-0.15, -0.1) is 11.3 Å². The first-order valence-electron chi connectivity index (χ1n) is 7.26. The Morgan fingerprint density at radius 3 is 2.26 bits per heavy atom. The Morgan fingerprint density at radius 1 is 1.26 bits per heavy atom. The van der Waals surface area contributed by atoms with Gasteiger partial charge in [-0.1, -0.05) is 34.6 Å². The summed E-state index contributed by atoms with van der Waals surface area (Å²) in [6.45, 7) is 14.2. The number of nitrogens with zero attached hydrogens (tertiary/aromatic N) is 2. The van der Waals surface area contributed by atoms with Gasteiger partial charge in [-0.2, -0.15) is 0 Å². The highest BCUT2D eigenvalue weighted by Gasteiger charge is 2.28. The predicted molar refractivity (Wildman–Crippen MR) is 83.9 cm³/mol. The number of hydrogen-bond donors (Lipinski definition) is 1. The molecule has 0 amide bonds. The van der Waals surface area contributed by atoms with Crippen LogP contribution in [0.15, 0.2) is 0 Å². The highest BCUT2D eigenvalue weighted by atomic mass is 32.1. The van der Waals surface area contributed by atoms with Crippen LogP contribution in [0.5, 0.6) is 0 Å². The summed E-state index contributed by atoms with van der Waals surface area (Å²) in [6, 6.07) is 0. The molecule has 4 heteroatoms. The van der Waals surface area contributed by atoms with Crippen molar-refractivity contribution in [2.24, 2.45) is 17.6 Å². The molecule has 2 heterocycles. The summed E-state index contributed by atoms with van der Waals surface area (Å²) in [5.41, 5.74) is 7.16. The summed E-state index contributed by atoms with van der Waals surface area (Å²) < 4.78 is 0. The van der Waals surface area contributed by atoms with Gasteiger partial charge in [0.2, 0.25) is 0 Å². The predicted octanol–water partition coefficient (Wildman–Crippen LogP) is 3.38. The van der Waals surface area contributed by atoms with Gasteiger partial charge in [0, 0.05) is 29.9 Å². The average Bonchev–Trinajstić information content (AvgIpc) is 2.71. The molecule has 0 bridgehead atoms. The van der Waals surface area contributed by atoms with E-state index in [-0.39, 0.29) is 5.41 Å². The molecule has 0 spiro atoms. The lowest BCUT2D eigenvalue weighted by molar-refractivity contribution is 0.356. The smallest absolute Gasteiger partial charge is 0.185 e. The fourth-order valence-electron chi connectivity index (χ4n) is 3.02. The van der Waals surface area contributed by atoms with E-state index in [9.17, 15) is 0 Å². The molecule has 2 atom stereocenters. The quantitative estimate of drug-likeness (QED) is 0.903. The summed E-state index contributed by atoms with van der Waals surface area (Å²) >= 11 is 1.79. The van der Waals surface area contributed by atoms with Crippen LogP contribution in [0.4, 0.5) is 5.13 Å². The van der Waals surface area contributed by atoms with E-state index in [2.05, 4.69) is 39.5 Å². The number of hydrogen-bond acceptors (Lipinski definition) is 4. The van der Waals surface area contributed by atoms with E-state index in [0.29, 0.717) is 6.54 Å². The van der Waals surface area contributed by atoms with Crippen molar-refractivity contribution in [1.82, 2.24) is 4.98 Å². The van der Waals surface area contributed by atoms with E-state index in [4.69, 9.17) is 10.7 Å². The highest BCUT2D eigenvalue weighted by Crippen LogP contribution is 2.35. The maximum absolute atomic E-state index is 5.90. The van der Waals surface area contributed by atoms with Crippen LogP contribution >= 0.6 is 11.3 Å². The van der Waals surface area contributed by atoms with Crippen LogP contribution in [0.25, 0.3) is 0 Å². The SMILES string of the molecule is CC1CC(C)CN(c2nc(C(C)(C)C)c(CN)s2)C1. The Bertz CT molecular complexity index is 423. The summed E-state index contributed by atoms with van der Waals surface area (Å²) in [5.74, 6) is 1.51. The zero-order chi connectivity index (χ0) is 14.2. The monoisotopic (exact) mass is 281 g/mol. The third-order valence-electron chi connectivity index (χ3n) is 3.72. The van der Waals surface area contributed by atoms with Crippen molar-refractivity contribution < 1.29 is 0 Å². The Morgan fingerprint density at radius 2 is 1.84 bits per heavy atom. The van der Waals surface area contributed by atoms with Gasteiger partial charge in [-0.3, -0.25) is 0 Å². The second-order valence-corrected chi connectivity index (χ2v) is 8.14. The van der Waals surface area contributed by atoms with Crippen molar-refractivity contribution >= 4 is 16.5 Å². The minimum Gasteiger partial charge on any atom is -0.348 e. The molecular formula is C15H27N3S. The van der Waals surface area contributed by atoms with Gasteiger partial charge in [0.15, 0.2) is 5.13 Å². The molecule has 2 unspecified atom stereocenters. The molecule has 0 aromatic carbocycles. The van der Waals surface area contributed by atoms with Crippen LogP contribution in [0.1, 0.15) is 51.6 Å². The number of rotatable bonds is 2. The molecule has 2 N–H and O–H groups in total. The lowest BCUT2D eigenvalue weighted by Crippen LogP contribution is -2.38. The van der Waals surface area contributed by atoms with Crippen molar-refractivity contribution in [2.75, 3.05) is 18.0 Å². The standard InChI is InChI=1S/C15H27N3S/c1-10-6-11(2)9-18(8-10)14-17-13(15(3,4)5)12(7-16)19-14/h10-11H,6-9,16H2,1-5H3. The van der Waals surface area contributed by atoms with Gasteiger partial charge in [-0.05, 0) is 18.3 Å². The van der Waals surface area contributed by atoms with Gasteiger partial charge in [-0.25, -0.2) is 4.98 Å². The first-order chi connectivity index (χ1) is 8.81. The molecular weight excluding hydrogens is 254 g/mol. The summed E-state index contributed by atoms with van der Waals surface area (Å²) in [7, 11) is 0. The fraction of sp³-hybridized carbons (Fsp3) is 0.800. The molecule has 3 nitrogen and oxygen atoms in total. The van der Waals surface area contributed by atoms with Crippen molar-refractivity contribution in [3.8, 4) is 0 Å². The van der Waals surface area contributed by atoms with Crippen molar-refractivity contribution in [1.29, 1.82) is 0 Å². The van der Waals surface area contributed by atoms with E-state index in [1.54, 1.807) is 11.3 Å². The zero-order valence-corrected chi connectivity index (χ0v) is 13.7. The Kier molecular flexibility index (Phi) is 4.21. The largest absolute Gasteiger partial charge is 0.348 e. The Hall–Kier alpha value is -0.610. The van der Waals surface area contributed by atoms with Crippen molar-refractivity contribution in [3.05, 3.63) is 10.6 Å². The van der Waals surface area contributed by atoms with Crippen molar-refractivity contribution in [2.45, 2.75) is 53.0 Å². The third-order valence-corrected chi connectivity index (χ3v) is 4.86. The second-order valence-electron chi connectivity index (χ2n) is 7.07.